The minimum Gasteiger partial charge on any atom is -0.506 e. The lowest BCUT2D eigenvalue weighted by molar-refractivity contribution is 0.0964. The van der Waals surface area contributed by atoms with Gasteiger partial charge in [0.1, 0.15) is 34.4 Å². The van der Waals surface area contributed by atoms with Crippen LogP contribution in [0.1, 0.15) is 27.7 Å². The molecule has 1 aliphatic heterocycles. The Balaban J connectivity index is 1.57. The third kappa shape index (κ3) is 4.93. The maximum absolute atomic E-state index is 14.5. The number of fused-ring (bicyclic) bond motifs is 2. The van der Waals surface area contributed by atoms with Crippen LogP contribution in [0.3, 0.4) is 0 Å². The van der Waals surface area contributed by atoms with E-state index in [1.807, 2.05) is 0 Å². The SMILES string of the molecule is CNC(=O)c1c(-c2ccc(F)cc2)oc2cc(N(C)S(C)(=O)=O)c(-c3ccc(O)c(C4Cc5c(F)cccc5N4)n3)cc12. The van der Waals surface area contributed by atoms with Crippen molar-refractivity contribution < 1.29 is 31.5 Å². The summed E-state index contributed by atoms with van der Waals surface area (Å²) in [6.45, 7) is 0. The van der Waals surface area contributed by atoms with Crippen molar-refractivity contribution in [2.24, 2.45) is 0 Å². The van der Waals surface area contributed by atoms with Crippen LogP contribution in [0.25, 0.3) is 33.6 Å². The zero-order valence-corrected chi connectivity index (χ0v) is 24.1. The van der Waals surface area contributed by atoms with Gasteiger partial charge in [-0.05, 0) is 54.6 Å². The molecule has 1 atom stereocenters. The van der Waals surface area contributed by atoms with Gasteiger partial charge in [-0.2, -0.15) is 0 Å². The number of amides is 1. The minimum atomic E-state index is -3.77. The molecule has 43 heavy (non-hydrogen) atoms. The van der Waals surface area contributed by atoms with E-state index in [1.165, 1.54) is 62.6 Å². The molecule has 3 heterocycles. The van der Waals surface area contributed by atoms with Crippen molar-refractivity contribution in [2.75, 3.05) is 30.0 Å². The zero-order chi connectivity index (χ0) is 30.6. The number of pyridine rings is 1. The Bertz CT molecular complexity index is 2030. The van der Waals surface area contributed by atoms with E-state index >= 15 is 0 Å². The Morgan fingerprint density at radius 1 is 1.12 bits per heavy atom. The van der Waals surface area contributed by atoms with Crippen molar-refractivity contribution in [1.82, 2.24) is 10.3 Å². The number of carbonyl (C=O) groups excluding carboxylic acids is 1. The van der Waals surface area contributed by atoms with E-state index in [-0.39, 0.29) is 46.3 Å². The number of hydrogen-bond donors (Lipinski definition) is 3. The molecule has 1 aliphatic rings. The summed E-state index contributed by atoms with van der Waals surface area (Å²) >= 11 is 0. The van der Waals surface area contributed by atoms with Crippen LogP contribution in [0.2, 0.25) is 0 Å². The number of aromatic nitrogens is 1. The number of aromatic hydroxyl groups is 1. The molecule has 0 radical (unpaired) electrons. The lowest BCUT2D eigenvalue weighted by Crippen LogP contribution is -2.25. The summed E-state index contributed by atoms with van der Waals surface area (Å²) in [6, 6.07) is 15.7. The van der Waals surface area contributed by atoms with Crippen molar-refractivity contribution in [2.45, 2.75) is 12.5 Å². The Morgan fingerprint density at radius 2 is 1.86 bits per heavy atom. The first-order valence-electron chi connectivity index (χ1n) is 13.2. The molecule has 1 unspecified atom stereocenters. The largest absolute Gasteiger partial charge is 0.506 e. The second-order valence-electron chi connectivity index (χ2n) is 10.3. The van der Waals surface area contributed by atoms with Crippen molar-refractivity contribution >= 4 is 38.3 Å². The quantitative estimate of drug-likeness (QED) is 0.230. The molecule has 3 N–H and O–H groups in total. The van der Waals surface area contributed by atoms with Gasteiger partial charge in [0, 0.05) is 54.3 Å². The number of anilines is 2. The maximum Gasteiger partial charge on any atom is 0.255 e. The number of halogens is 2. The predicted octanol–water partition coefficient (Wildman–Crippen LogP) is 5.61. The van der Waals surface area contributed by atoms with Gasteiger partial charge in [-0.3, -0.25) is 9.10 Å². The van der Waals surface area contributed by atoms with Gasteiger partial charge in [0.05, 0.1) is 29.2 Å². The third-order valence-electron chi connectivity index (χ3n) is 7.57. The Kier molecular flexibility index (Phi) is 6.80. The molecule has 5 aromatic rings. The molecule has 220 valence electrons. The van der Waals surface area contributed by atoms with E-state index in [1.54, 1.807) is 18.2 Å². The van der Waals surface area contributed by atoms with Gasteiger partial charge < -0.3 is 20.2 Å². The van der Waals surface area contributed by atoms with E-state index in [4.69, 9.17) is 9.40 Å². The highest BCUT2D eigenvalue weighted by Crippen LogP contribution is 2.43. The Morgan fingerprint density at radius 3 is 2.53 bits per heavy atom. The monoisotopic (exact) mass is 604 g/mol. The smallest absolute Gasteiger partial charge is 0.255 e. The lowest BCUT2D eigenvalue weighted by Gasteiger charge is -2.21. The van der Waals surface area contributed by atoms with E-state index in [0.717, 1.165) is 10.6 Å². The first kappa shape index (κ1) is 28.2. The number of hydrogen-bond acceptors (Lipinski definition) is 7. The fourth-order valence-electron chi connectivity index (χ4n) is 5.31. The highest BCUT2D eigenvalue weighted by atomic mass is 32.2. The van der Waals surface area contributed by atoms with Gasteiger partial charge in [-0.25, -0.2) is 22.2 Å². The lowest BCUT2D eigenvalue weighted by atomic mass is 10.00. The predicted molar refractivity (Wildman–Crippen MR) is 160 cm³/mol. The minimum absolute atomic E-state index is 0.124. The highest BCUT2D eigenvalue weighted by Gasteiger charge is 2.30. The van der Waals surface area contributed by atoms with E-state index in [9.17, 15) is 27.1 Å². The van der Waals surface area contributed by atoms with E-state index in [2.05, 4.69) is 10.6 Å². The van der Waals surface area contributed by atoms with Crippen molar-refractivity contribution in [3.05, 3.63) is 95.2 Å². The average Bonchev–Trinajstić information content (AvgIpc) is 3.58. The van der Waals surface area contributed by atoms with Gasteiger partial charge in [0.15, 0.2) is 0 Å². The van der Waals surface area contributed by atoms with Gasteiger partial charge in [-0.1, -0.05) is 6.07 Å². The molecule has 2 aromatic heterocycles. The number of carbonyl (C=O) groups is 1. The van der Waals surface area contributed by atoms with Crippen LogP contribution in [0.4, 0.5) is 20.2 Å². The zero-order valence-electron chi connectivity index (χ0n) is 23.3. The summed E-state index contributed by atoms with van der Waals surface area (Å²) in [6.07, 6.45) is 1.29. The molecule has 0 spiro atoms. The number of furan rings is 1. The first-order valence-corrected chi connectivity index (χ1v) is 15.1. The normalized spacial score (nSPS) is 14.4. The topological polar surface area (TPSA) is 125 Å². The maximum atomic E-state index is 14.5. The fourth-order valence-corrected chi connectivity index (χ4v) is 5.82. The molecule has 0 saturated heterocycles. The van der Waals surface area contributed by atoms with Gasteiger partial charge >= 0.3 is 0 Å². The molecule has 9 nitrogen and oxygen atoms in total. The summed E-state index contributed by atoms with van der Waals surface area (Å²) < 4.78 is 60.7. The van der Waals surface area contributed by atoms with Crippen LogP contribution in [-0.2, 0) is 16.4 Å². The van der Waals surface area contributed by atoms with Crippen LogP contribution in [0.15, 0.2) is 71.1 Å². The molecular formula is C31H26F2N4O5S. The number of sulfonamides is 1. The van der Waals surface area contributed by atoms with Crippen molar-refractivity contribution in [3.8, 4) is 28.3 Å². The molecule has 0 fully saturated rings. The van der Waals surface area contributed by atoms with Crippen molar-refractivity contribution in [1.29, 1.82) is 0 Å². The molecular weight excluding hydrogens is 578 g/mol. The summed E-state index contributed by atoms with van der Waals surface area (Å²) in [5.41, 5.74) is 2.97. The Labute approximate surface area is 245 Å². The van der Waals surface area contributed by atoms with Crippen LogP contribution < -0.4 is 14.9 Å². The van der Waals surface area contributed by atoms with E-state index in [0.29, 0.717) is 33.5 Å². The molecule has 12 heteroatoms. The molecule has 0 saturated carbocycles. The third-order valence-corrected chi connectivity index (χ3v) is 8.76. The van der Waals surface area contributed by atoms with Gasteiger partial charge in [0.2, 0.25) is 10.0 Å². The van der Waals surface area contributed by atoms with Crippen LogP contribution in [-0.4, -0.2) is 44.8 Å². The fraction of sp³-hybridized carbons (Fsp3) is 0.161. The first-order chi connectivity index (χ1) is 20.5. The van der Waals surface area contributed by atoms with E-state index < -0.39 is 27.8 Å². The molecule has 0 aliphatic carbocycles. The number of rotatable bonds is 6. The second-order valence-corrected chi connectivity index (χ2v) is 12.3. The number of benzene rings is 3. The van der Waals surface area contributed by atoms with Crippen LogP contribution in [0, 0.1) is 11.6 Å². The summed E-state index contributed by atoms with van der Waals surface area (Å²) in [5.74, 6) is -1.25. The van der Waals surface area contributed by atoms with Crippen molar-refractivity contribution in [3.63, 3.8) is 0 Å². The molecule has 6 rings (SSSR count). The van der Waals surface area contributed by atoms with Gasteiger partial charge in [-0.15, -0.1) is 0 Å². The highest BCUT2D eigenvalue weighted by molar-refractivity contribution is 7.92. The van der Waals surface area contributed by atoms with Gasteiger partial charge in [0.25, 0.3) is 5.91 Å². The summed E-state index contributed by atoms with van der Waals surface area (Å²) in [4.78, 5) is 17.9. The number of nitrogens with one attached hydrogen (secondary N) is 2. The van der Waals surface area contributed by atoms with Crippen LogP contribution in [0.5, 0.6) is 5.75 Å². The summed E-state index contributed by atoms with van der Waals surface area (Å²) in [5, 5.41) is 16.9. The number of nitrogens with zero attached hydrogens (tertiary/aromatic N) is 2. The molecule has 3 aromatic carbocycles. The average molecular weight is 605 g/mol. The Hall–Kier alpha value is -4.97. The molecule has 0 bridgehead atoms. The summed E-state index contributed by atoms with van der Waals surface area (Å²) in [7, 11) is -0.930. The van der Waals surface area contributed by atoms with Crippen LogP contribution >= 0.6 is 0 Å². The molecule has 1 amide bonds. The second kappa shape index (κ2) is 10.4. The standard InChI is InChI=1S/C31H26F2N4O5S/c1-34-31(39)28-20-13-19(23-11-12-26(38)29(36-23)24-14-18-21(33)5-4-6-22(18)35-24)25(37(2)43(3,40)41)15-27(20)42-30(28)16-7-9-17(32)10-8-16/h4-13,15,24,35,38H,14H2,1-3H3,(H,34,39).